The highest BCUT2D eigenvalue weighted by molar-refractivity contribution is 6.42. The average molecular weight is 588 g/mol. The number of aromatic nitrogens is 1. The van der Waals surface area contributed by atoms with Gasteiger partial charge in [-0.15, -0.1) is 0 Å². The minimum atomic E-state index is -0.471. The fraction of sp³-hybridized carbons (Fsp3) is 0.125. The quantitative estimate of drug-likeness (QED) is 0.133. The third-order valence-electron chi connectivity index (χ3n) is 6.26. The van der Waals surface area contributed by atoms with Gasteiger partial charge in [0.2, 0.25) is 0 Å². The zero-order valence-corrected chi connectivity index (χ0v) is 23.9. The van der Waals surface area contributed by atoms with Crippen molar-refractivity contribution in [2.24, 2.45) is 5.10 Å². The SMILES string of the molecule is Cc1ccc(C)n1-c1ccc(OCc2ccc(C(=O)N/N=C/c3cccc(OCc4ccc(Cl)c(Cl)c4)c3)o2)cc1. The molecule has 0 atom stereocenters. The van der Waals surface area contributed by atoms with E-state index in [4.69, 9.17) is 37.1 Å². The van der Waals surface area contributed by atoms with Gasteiger partial charge in [0.15, 0.2) is 5.76 Å². The summed E-state index contributed by atoms with van der Waals surface area (Å²) in [6.07, 6.45) is 1.53. The molecule has 208 valence electrons. The van der Waals surface area contributed by atoms with Crippen LogP contribution in [0, 0.1) is 13.8 Å². The molecule has 0 saturated heterocycles. The van der Waals surface area contributed by atoms with Gasteiger partial charge in [-0.2, -0.15) is 5.10 Å². The van der Waals surface area contributed by atoms with Crippen LogP contribution < -0.4 is 14.9 Å². The molecule has 2 heterocycles. The Morgan fingerprint density at radius 1 is 0.854 bits per heavy atom. The van der Waals surface area contributed by atoms with Gasteiger partial charge in [-0.1, -0.05) is 41.4 Å². The lowest BCUT2D eigenvalue weighted by atomic mass is 10.2. The largest absolute Gasteiger partial charge is 0.489 e. The second-order valence-electron chi connectivity index (χ2n) is 9.31. The molecule has 2 aromatic heterocycles. The number of rotatable bonds is 10. The van der Waals surface area contributed by atoms with E-state index in [0.29, 0.717) is 33.9 Å². The molecular weight excluding hydrogens is 561 g/mol. The summed E-state index contributed by atoms with van der Waals surface area (Å²) in [6, 6.07) is 28.0. The molecule has 1 amide bonds. The topological polar surface area (TPSA) is 78.0 Å². The number of nitrogens with one attached hydrogen (secondary N) is 1. The standard InChI is InChI=1S/C32H27Cl2N3O4/c1-21-6-7-22(2)37(21)25-9-11-26(12-10-25)40-20-28-13-15-31(41-28)32(38)36-35-18-23-4-3-5-27(16-23)39-19-24-8-14-29(33)30(34)17-24/h3-18H,19-20H2,1-2H3,(H,36,38)/b35-18+. The zero-order chi connectivity index (χ0) is 28.8. The van der Waals surface area contributed by atoms with Gasteiger partial charge in [0.05, 0.1) is 16.3 Å². The summed E-state index contributed by atoms with van der Waals surface area (Å²) in [7, 11) is 0. The molecule has 0 unspecified atom stereocenters. The molecule has 5 rings (SSSR count). The van der Waals surface area contributed by atoms with Gasteiger partial charge in [0.25, 0.3) is 0 Å². The lowest BCUT2D eigenvalue weighted by Crippen LogP contribution is -2.16. The van der Waals surface area contributed by atoms with Gasteiger partial charge in [-0.3, -0.25) is 4.79 Å². The molecule has 0 saturated carbocycles. The van der Waals surface area contributed by atoms with Crippen molar-refractivity contribution >= 4 is 35.3 Å². The number of amides is 1. The summed E-state index contributed by atoms with van der Waals surface area (Å²) in [5.74, 6) is 1.53. The normalized spacial score (nSPS) is 11.1. The van der Waals surface area contributed by atoms with E-state index < -0.39 is 5.91 Å². The lowest BCUT2D eigenvalue weighted by Gasteiger charge is -2.10. The monoisotopic (exact) mass is 587 g/mol. The lowest BCUT2D eigenvalue weighted by molar-refractivity contribution is 0.0923. The Balaban J connectivity index is 1.11. The van der Waals surface area contributed by atoms with Crippen molar-refractivity contribution in [3.8, 4) is 17.2 Å². The first kappa shape index (κ1) is 28.1. The number of benzene rings is 3. The van der Waals surface area contributed by atoms with Crippen LogP contribution in [0.5, 0.6) is 11.5 Å². The summed E-state index contributed by atoms with van der Waals surface area (Å²) in [5.41, 5.74) is 7.52. The maximum atomic E-state index is 12.5. The van der Waals surface area contributed by atoms with Crippen LogP contribution in [0.3, 0.4) is 0 Å². The molecule has 0 aliphatic heterocycles. The third-order valence-corrected chi connectivity index (χ3v) is 7.00. The van der Waals surface area contributed by atoms with Gasteiger partial charge >= 0.3 is 5.91 Å². The number of carbonyl (C=O) groups excluding carboxylic acids is 1. The minimum absolute atomic E-state index is 0.133. The molecule has 1 N–H and O–H groups in total. The molecule has 5 aromatic rings. The number of nitrogens with zero attached hydrogens (tertiary/aromatic N) is 2. The van der Waals surface area contributed by atoms with E-state index in [2.05, 4.69) is 41.1 Å². The Morgan fingerprint density at radius 3 is 2.37 bits per heavy atom. The van der Waals surface area contributed by atoms with Crippen molar-refractivity contribution in [3.05, 3.63) is 135 Å². The van der Waals surface area contributed by atoms with Gasteiger partial charge in [0.1, 0.15) is 30.5 Å². The van der Waals surface area contributed by atoms with Crippen LogP contribution in [0.4, 0.5) is 0 Å². The Morgan fingerprint density at radius 2 is 1.61 bits per heavy atom. The van der Waals surface area contributed by atoms with Gasteiger partial charge in [-0.05, 0) is 97.8 Å². The van der Waals surface area contributed by atoms with Crippen LogP contribution in [-0.2, 0) is 13.2 Å². The van der Waals surface area contributed by atoms with E-state index in [0.717, 1.165) is 16.8 Å². The molecular formula is C32H27Cl2N3O4. The highest BCUT2D eigenvalue weighted by Gasteiger charge is 2.11. The molecule has 0 fully saturated rings. The van der Waals surface area contributed by atoms with Crippen molar-refractivity contribution < 1.29 is 18.7 Å². The number of ether oxygens (including phenoxy) is 2. The van der Waals surface area contributed by atoms with E-state index in [-0.39, 0.29) is 12.4 Å². The highest BCUT2D eigenvalue weighted by atomic mass is 35.5. The van der Waals surface area contributed by atoms with E-state index in [1.54, 1.807) is 24.3 Å². The number of hydrazone groups is 1. The van der Waals surface area contributed by atoms with E-state index >= 15 is 0 Å². The number of furan rings is 1. The van der Waals surface area contributed by atoms with Crippen LogP contribution >= 0.6 is 23.2 Å². The summed E-state index contributed by atoms with van der Waals surface area (Å²) in [5, 5.41) is 5.01. The second kappa shape index (κ2) is 12.8. The van der Waals surface area contributed by atoms with Crippen molar-refractivity contribution in [1.29, 1.82) is 0 Å². The summed E-state index contributed by atoms with van der Waals surface area (Å²) < 4.78 is 19.5. The molecule has 9 heteroatoms. The zero-order valence-electron chi connectivity index (χ0n) is 22.4. The van der Waals surface area contributed by atoms with Crippen LogP contribution in [0.1, 0.15) is 38.8 Å². The molecule has 41 heavy (non-hydrogen) atoms. The average Bonchev–Trinajstić information content (AvgIpc) is 3.59. The molecule has 0 aliphatic carbocycles. The highest BCUT2D eigenvalue weighted by Crippen LogP contribution is 2.24. The molecule has 3 aromatic carbocycles. The Labute approximate surface area is 247 Å². The minimum Gasteiger partial charge on any atom is -0.489 e. The van der Waals surface area contributed by atoms with Gasteiger partial charge < -0.3 is 18.5 Å². The number of halogens is 2. The fourth-order valence-corrected chi connectivity index (χ4v) is 4.52. The smallest absolute Gasteiger partial charge is 0.307 e. The van der Waals surface area contributed by atoms with E-state index in [9.17, 15) is 4.79 Å². The molecule has 0 radical (unpaired) electrons. The van der Waals surface area contributed by atoms with Gasteiger partial charge in [0, 0.05) is 17.1 Å². The molecule has 7 nitrogen and oxygen atoms in total. The van der Waals surface area contributed by atoms with E-state index in [1.165, 1.54) is 17.6 Å². The second-order valence-corrected chi connectivity index (χ2v) is 10.1. The fourth-order valence-electron chi connectivity index (χ4n) is 4.20. The first-order valence-corrected chi connectivity index (χ1v) is 13.6. The van der Waals surface area contributed by atoms with Crippen molar-refractivity contribution in [2.45, 2.75) is 27.1 Å². The summed E-state index contributed by atoms with van der Waals surface area (Å²) >= 11 is 12.0. The number of carbonyl (C=O) groups is 1. The summed E-state index contributed by atoms with van der Waals surface area (Å²) in [4.78, 5) is 12.5. The van der Waals surface area contributed by atoms with Crippen molar-refractivity contribution in [1.82, 2.24) is 9.99 Å². The third kappa shape index (κ3) is 7.20. The maximum Gasteiger partial charge on any atom is 0.307 e. The van der Waals surface area contributed by atoms with Gasteiger partial charge in [-0.25, -0.2) is 5.43 Å². The Kier molecular flexibility index (Phi) is 8.77. The predicted octanol–water partition coefficient (Wildman–Crippen LogP) is 7.92. The molecule has 0 aliphatic rings. The first-order valence-electron chi connectivity index (χ1n) is 12.8. The maximum absolute atomic E-state index is 12.5. The van der Waals surface area contributed by atoms with Crippen molar-refractivity contribution in [3.63, 3.8) is 0 Å². The summed E-state index contributed by atoms with van der Waals surface area (Å²) in [6.45, 7) is 4.66. The number of hydrogen-bond donors (Lipinski definition) is 1. The Bertz CT molecular complexity index is 1670. The van der Waals surface area contributed by atoms with Crippen LogP contribution in [0.25, 0.3) is 5.69 Å². The van der Waals surface area contributed by atoms with Crippen LogP contribution in [-0.4, -0.2) is 16.7 Å². The molecule has 0 spiro atoms. The molecule has 0 bridgehead atoms. The van der Waals surface area contributed by atoms with Crippen LogP contribution in [0.2, 0.25) is 10.0 Å². The number of aryl methyl sites for hydroxylation is 2. The first-order chi connectivity index (χ1) is 19.9. The van der Waals surface area contributed by atoms with Crippen molar-refractivity contribution in [2.75, 3.05) is 0 Å². The predicted molar refractivity (Wildman–Crippen MR) is 161 cm³/mol. The Hall–Kier alpha value is -4.46. The number of hydrogen-bond acceptors (Lipinski definition) is 5. The van der Waals surface area contributed by atoms with E-state index in [1.807, 2.05) is 54.6 Å². The van der Waals surface area contributed by atoms with Crippen LogP contribution in [0.15, 0.2) is 101 Å².